The van der Waals surface area contributed by atoms with Gasteiger partial charge in [-0.05, 0) is 150 Å². The van der Waals surface area contributed by atoms with Crippen LogP contribution in [0.3, 0.4) is 0 Å². The van der Waals surface area contributed by atoms with Crippen LogP contribution in [0.2, 0.25) is 15.1 Å². The summed E-state index contributed by atoms with van der Waals surface area (Å²) in [6, 6.07) is 31.3. The zero-order valence-electron chi connectivity index (χ0n) is 40.0. The molecule has 15 heteroatoms. The van der Waals surface area contributed by atoms with E-state index in [9.17, 15) is 9.59 Å². The number of hydrogen-bond donors (Lipinski definition) is 0. The Balaban J connectivity index is 0.000000162. The fourth-order valence-electron chi connectivity index (χ4n) is 10.6. The Morgan fingerprint density at radius 1 is 0.548 bits per heavy atom. The minimum absolute atomic E-state index is 0.129. The number of nitrogens with zero attached hydrogens (tertiary/aromatic N) is 9. The van der Waals surface area contributed by atoms with Crippen molar-refractivity contribution >= 4 is 68.8 Å². The lowest BCUT2D eigenvalue weighted by Gasteiger charge is -2.30. The second kappa shape index (κ2) is 21.5. The van der Waals surface area contributed by atoms with Crippen molar-refractivity contribution < 1.29 is 14.4 Å². The summed E-state index contributed by atoms with van der Waals surface area (Å²) in [5.41, 5.74) is 17.1. The highest BCUT2D eigenvalue weighted by atomic mass is 35.5. The summed E-state index contributed by atoms with van der Waals surface area (Å²) in [4.78, 5) is 55.6. The lowest BCUT2D eigenvalue weighted by molar-refractivity contribution is -0.131. The molecule has 12 rings (SSSR count). The minimum Gasteiger partial charge on any atom is -0.356 e. The van der Waals surface area contributed by atoms with Gasteiger partial charge >= 0.3 is 0 Å². The molecule has 73 heavy (non-hydrogen) atoms. The van der Waals surface area contributed by atoms with Gasteiger partial charge < -0.3 is 14.6 Å². The second-order valence-corrected chi connectivity index (χ2v) is 20.0. The van der Waals surface area contributed by atoms with Gasteiger partial charge in [0.2, 0.25) is 11.8 Å². The van der Waals surface area contributed by atoms with Crippen molar-refractivity contribution in [3.63, 3.8) is 0 Å². The smallest absolute Gasteiger partial charge is 0.227 e. The van der Waals surface area contributed by atoms with Gasteiger partial charge in [0.05, 0.1) is 24.2 Å². The first-order valence-electron chi connectivity index (χ1n) is 24.7. The molecule has 0 radical (unpaired) electrons. The minimum atomic E-state index is 0.129. The molecule has 2 aliphatic heterocycles. The van der Waals surface area contributed by atoms with Crippen molar-refractivity contribution in [3.05, 3.63) is 216 Å². The fourth-order valence-corrected chi connectivity index (χ4v) is 11.2. The van der Waals surface area contributed by atoms with Crippen molar-refractivity contribution in [3.8, 4) is 5.75 Å². The van der Waals surface area contributed by atoms with E-state index in [0.29, 0.717) is 49.8 Å². The van der Waals surface area contributed by atoms with E-state index in [1.54, 1.807) is 37.2 Å². The van der Waals surface area contributed by atoms with Crippen LogP contribution in [-0.2, 0) is 48.1 Å². The van der Waals surface area contributed by atoms with E-state index < -0.39 is 0 Å². The standard InChI is InChI=1S/C32H27ClN6O2.C26H23Cl2N3O/c33-24-8-10-25-23(19-24)7-9-26-29(41-39-28-6-2-1-5-27(28)36-37-39)11-15-35-32(26)31(25)22-12-16-38(17-13-22)30(40)18-21-4-3-14-34-20-21;27-20-4-6-21-19(15-20)3-5-22-23(28)7-11-30-26(22)25(21)18-8-12-31(13-9-18)24(32)14-17-2-1-10-29-16-17/h1-6,8,10-11,14-15,19-20H,7,9,12-13,16-18H2;1-2,4,6-7,10-11,15-16H,3,5,8-9,12-14H2. The molecule has 3 aromatic carbocycles. The highest BCUT2D eigenvalue weighted by Crippen LogP contribution is 2.43. The van der Waals surface area contributed by atoms with Crippen LogP contribution in [0.15, 0.2) is 145 Å². The molecule has 366 valence electrons. The SMILES string of the molecule is O=C(Cc1cccnc1)N1CCC(=C2c3ccc(Cl)cc3CCc3c(Cl)ccnc32)CC1.O=C(Cc1cccnc1)N1CCC(=C2c3ccc(Cl)cc3CCc3c(On4nnc5ccccc54)ccnc32)CC1. The summed E-state index contributed by atoms with van der Waals surface area (Å²) in [5, 5.41) is 10.7. The predicted molar refractivity (Wildman–Crippen MR) is 284 cm³/mol. The molecule has 2 amide bonds. The van der Waals surface area contributed by atoms with E-state index in [1.807, 2.05) is 82.6 Å². The number of amides is 2. The molecule has 0 unspecified atom stereocenters. The summed E-state index contributed by atoms with van der Waals surface area (Å²) >= 11 is 19.4. The number of pyridine rings is 4. The van der Waals surface area contributed by atoms with Gasteiger partial charge in [-0.1, -0.05) is 87.2 Å². The van der Waals surface area contributed by atoms with Crippen LogP contribution in [0.5, 0.6) is 5.75 Å². The first kappa shape index (κ1) is 48.0. The molecule has 0 N–H and O–H groups in total. The molecule has 0 spiro atoms. The van der Waals surface area contributed by atoms with E-state index in [2.05, 4.69) is 44.5 Å². The van der Waals surface area contributed by atoms with Gasteiger partial charge in [-0.2, -0.15) is 0 Å². The number of benzene rings is 3. The third-order valence-electron chi connectivity index (χ3n) is 14.3. The summed E-state index contributed by atoms with van der Waals surface area (Å²) < 4.78 is 0. The number of hydrogen-bond acceptors (Lipinski definition) is 9. The van der Waals surface area contributed by atoms with E-state index in [4.69, 9.17) is 49.6 Å². The molecule has 7 heterocycles. The number of rotatable bonds is 6. The van der Waals surface area contributed by atoms with E-state index in [-0.39, 0.29) is 11.8 Å². The van der Waals surface area contributed by atoms with Gasteiger partial charge in [0.25, 0.3) is 0 Å². The summed E-state index contributed by atoms with van der Waals surface area (Å²) in [6.45, 7) is 2.74. The van der Waals surface area contributed by atoms with E-state index >= 15 is 0 Å². The van der Waals surface area contributed by atoms with Gasteiger partial charge in [-0.25, -0.2) is 0 Å². The molecule has 12 nitrogen and oxygen atoms in total. The van der Waals surface area contributed by atoms with Crippen molar-refractivity contribution in [1.29, 1.82) is 0 Å². The summed E-state index contributed by atoms with van der Waals surface area (Å²) in [5.74, 6) is 0.979. The first-order chi connectivity index (χ1) is 35.7. The maximum Gasteiger partial charge on any atom is 0.227 e. The number of halogens is 3. The normalized spacial score (nSPS) is 15.3. The molecule has 2 fully saturated rings. The Morgan fingerprint density at radius 2 is 1.08 bits per heavy atom. The molecule has 0 atom stereocenters. The van der Waals surface area contributed by atoms with Gasteiger partial charge in [-0.3, -0.25) is 29.5 Å². The Hall–Kier alpha value is -7.25. The number of aryl methyl sites for hydroxylation is 2. The largest absolute Gasteiger partial charge is 0.356 e. The Bertz CT molecular complexity index is 3430. The zero-order chi connectivity index (χ0) is 49.8. The van der Waals surface area contributed by atoms with Crippen LogP contribution in [0, 0.1) is 0 Å². The quantitative estimate of drug-likeness (QED) is 0.160. The molecule has 0 bridgehead atoms. The second-order valence-electron chi connectivity index (χ2n) is 18.7. The monoisotopic (exact) mass is 1030 g/mol. The molecule has 4 aliphatic rings. The summed E-state index contributed by atoms with van der Waals surface area (Å²) in [6.07, 6.45) is 17.7. The number of carbonyl (C=O) groups is 2. The number of aromatic nitrogens is 7. The van der Waals surface area contributed by atoms with E-state index in [0.717, 1.165) is 117 Å². The molecule has 2 saturated heterocycles. The van der Waals surface area contributed by atoms with Crippen molar-refractivity contribution in [1.82, 2.24) is 44.9 Å². The van der Waals surface area contributed by atoms with Crippen LogP contribution in [0.1, 0.15) is 81.6 Å². The molecular formula is C58H50Cl3N9O3. The summed E-state index contributed by atoms with van der Waals surface area (Å²) in [7, 11) is 0. The maximum atomic E-state index is 13.1. The number of carbonyl (C=O) groups excluding carboxylic acids is 2. The van der Waals surface area contributed by atoms with Crippen LogP contribution in [-0.4, -0.2) is 82.9 Å². The van der Waals surface area contributed by atoms with Crippen molar-refractivity contribution in [2.24, 2.45) is 0 Å². The average Bonchev–Trinajstić information content (AvgIpc) is 3.64. The van der Waals surface area contributed by atoms with Crippen molar-refractivity contribution in [2.75, 3.05) is 26.2 Å². The molecule has 8 aromatic rings. The molecule has 2 aliphatic carbocycles. The van der Waals surface area contributed by atoms with Gasteiger partial charge in [0.15, 0.2) is 5.75 Å². The third kappa shape index (κ3) is 10.4. The van der Waals surface area contributed by atoms with Gasteiger partial charge in [-0.15, -0.1) is 5.10 Å². The lowest BCUT2D eigenvalue weighted by atomic mass is 9.88. The Morgan fingerprint density at radius 3 is 1.64 bits per heavy atom. The number of fused-ring (bicyclic) bond motifs is 5. The lowest BCUT2D eigenvalue weighted by Crippen LogP contribution is -2.37. The van der Waals surface area contributed by atoms with Crippen LogP contribution in [0.25, 0.3) is 22.2 Å². The number of piperidine rings is 2. The average molecular weight is 1030 g/mol. The van der Waals surface area contributed by atoms with Crippen LogP contribution < -0.4 is 4.84 Å². The number of para-hydroxylation sites is 1. The van der Waals surface area contributed by atoms with Crippen molar-refractivity contribution in [2.45, 2.75) is 64.2 Å². The van der Waals surface area contributed by atoms with Gasteiger partial charge in [0.1, 0.15) is 11.0 Å². The topological polar surface area (TPSA) is 132 Å². The Labute approximate surface area is 438 Å². The molecule has 0 saturated carbocycles. The predicted octanol–water partition coefficient (Wildman–Crippen LogP) is 11.0. The van der Waals surface area contributed by atoms with Crippen LogP contribution >= 0.6 is 34.8 Å². The highest BCUT2D eigenvalue weighted by Gasteiger charge is 2.30. The number of likely N-dealkylation sites (tertiary alicyclic amines) is 2. The van der Waals surface area contributed by atoms with Crippen LogP contribution in [0.4, 0.5) is 0 Å². The molecular weight excluding hydrogens is 977 g/mol. The zero-order valence-corrected chi connectivity index (χ0v) is 42.3. The maximum absolute atomic E-state index is 13.1. The van der Waals surface area contributed by atoms with E-state index in [1.165, 1.54) is 38.3 Å². The Kier molecular flexibility index (Phi) is 14.1. The third-order valence-corrected chi connectivity index (χ3v) is 15.1. The fraction of sp³-hybridized carbons (Fsp3) is 0.241. The highest BCUT2D eigenvalue weighted by molar-refractivity contribution is 6.32. The first-order valence-corrected chi connectivity index (χ1v) is 25.8. The molecule has 5 aromatic heterocycles. The van der Waals surface area contributed by atoms with Gasteiger partial charge in [0, 0.05) is 101 Å².